The molecule has 0 aromatic rings. The van der Waals surface area contributed by atoms with Crippen LogP contribution in [-0.4, -0.2) is 60.1 Å². The number of piperidine rings is 1. The quantitative estimate of drug-likeness (QED) is 0.302. The Morgan fingerprint density at radius 3 is 2.60 bits per heavy atom. The third-order valence-electron chi connectivity index (χ3n) is 3.17. The van der Waals surface area contributed by atoms with Crippen molar-refractivity contribution in [3.05, 3.63) is 0 Å². The van der Waals surface area contributed by atoms with E-state index in [0.717, 1.165) is 19.6 Å². The Labute approximate surface area is 91.5 Å². The Hall–Kier alpha value is -0.810. The zero-order chi connectivity index (χ0) is 11.3. The fourth-order valence-electron chi connectivity index (χ4n) is 2.09. The molecule has 1 rings (SSSR count). The van der Waals surface area contributed by atoms with Crippen LogP contribution in [-0.2, 0) is 0 Å². The topological polar surface area (TPSA) is 65.1 Å². The molecule has 0 saturated carbocycles. The van der Waals surface area contributed by atoms with Crippen LogP contribution < -0.4 is 5.73 Å². The lowest BCUT2D eigenvalue weighted by atomic mass is 10.0. The van der Waals surface area contributed by atoms with Crippen LogP contribution in [0.4, 0.5) is 0 Å². The van der Waals surface area contributed by atoms with Crippen molar-refractivity contribution < 1.29 is 5.21 Å². The molecule has 0 amide bonds. The molecule has 5 heteroatoms. The van der Waals surface area contributed by atoms with E-state index in [4.69, 9.17) is 10.9 Å². The van der Waals surface area contributed by atoms with Crippen molar-refractivity contribution in [3.63, 3.8) is 0 Å². The fraction of sp³-hybridized carbons (Fsp3) is 0.900. The molecule has 1 aliphatic rings. The van der Waals surface area contributed by atoms with Gasteiger partial charge in [0.15, 0.2) is 5.84 Å². The molecule has 0 spiro atoms. The van der Waals surface area contributed by atoms with Gasteiger partial charge >= 0.3 is 0 Å². The summed E-state index contributed by atoms with van der Waals surface area (Å²) >= 11 is 0. The fourth-order valence-corrected chi connectivity index (χ4v) is 2.09. The Kier molecular flexibility index (Phi) is 4.84. The lowest BCUT2D eigenvalue weighted by Crippen LogP contribution is -2.45. The van der Waals surface area contributed by atoms with E-state index in [9.17, 15) is 0 Å². The number of rotatable bonds is 4. The van der Waals surface area contributed by atoms with E-state index in [2.05, 4.69) is 21.9 Å². The van der Waals surface area contributed by atoms with Gasteiger partial charge in [0.05, 0.1) is 6.54 Å². The summed E-state index contributed by atoms with van der Waals surface area (Å²) in [5, 5.41) is 11.5. The van der Waals surface area contributed by atoms with E-state index >= 15 is 0 Å². The molecule has 0 aliphatic carbocycles. The molecule has 5 nitrogen and oxygen atoms in total. The van der Waals surface area contributed by atoms with Gasteiger partial charge in [-0.3, -0.25) is 4.90 Å². The van der Waals surface area contributed by atoms with Crippen LogP contribution in [0.1, 0.15) is 19.8 Å². The second kappa shape index (κ2) is 5.92. The van der Waals surface area contributed by atoms with Gasteiger partial charge in [0.1, 0.15) is 0 Å². The maximum atomic E-state index is 8.49. The summed E-state index contributed by atoms with van der Waals surface area (Å²) in [5.74, 6) is 0.287. The van der Waals surface area contributed by atoms with Crippen LogP contribution in [0.15, 0.2) is 5.16 Å². The third kappa shape index (κ3) is 3.68. The number of likely N-dealkylation sites (tertiary alicyclic amines) is 1. The van der Waals surface area contributed by atoms with Crippen molar-refractivity contribution in [1.29, 1.82) is 0 Å². The summed E-state index contributed by atoms with van der Waals surface area (Å²) in [6, 6.07) is 0.563. The molecular weight excluding hydrogens is 192 g/mol. The second-order valence-electron chi connectivity index (χ2n) is 4.17. The van der Waals surface area contributed by atoms with E-state index < -0.39 is 0 Å². The zero-order valence-electron chi connectivity index (χ0n) is 9.69. The second-order valence-corrected chi connectivity index (χ2v) is 4.17. The average molecular weight is 214 g/mol. The number of oxime groups is 1. The van der Waals surface area contributed by atoms with Crippen molar-refractivity contribution >= 4 is 5.84 Å². The van der Waals surface area contributed by atoms with Gasteiger partial charge < -0.3 is 15.8 Å². The smallest absolute Gasteiger partial charge is 0.153 e. The first-order chi connectivity index (χ1) is 7.17. The van der Waals surface area contributed by atoms with Crippen molar-refractivity contribution in [3.8, 4) is 0 Å². The normalized spacial score (nSPS) is 21.1. The molecule has 88 valence electrons. The number of amidine groups is 1. The van der Waals surface area contributed by atoms with E-state index in [1.807, 2.05) is 7.05 Å². The first kappa shape index (κ1) is 12.3. The molecule has 0 atom stereocenters. The minimum absolute atomic E-state index is 0.287. The monoisotopic (exact) mass is 214 g/mol. The van der Waals surface area contributed by atoms with Crippen molar-refractivity contribution in [2.24, 2.45) is 10.9 Å². The first-order valence-corrected chi connectivity index (χ1v) is 5.56. The minimum Gasteiger partial charge on any atom is -0.409 e. The van der Waals surface area contributed by atoms with Gasteiger partial charge in [-0.1, -0.05) is 12.1 Å². The van der Waals surface area contributed by atoms with E-state index in [1.165, 1.54) is 12.8 Å². The maximum absolute atomic E-state index is 8.49. The molecule has 0 radical (unpaired) electrons. The summed E-state index contributed by atoms with van der Waals surface area (Å²) in [6.07, 6.45) is 2.34. The Morgan fingerprint density at radius 1 is 1.53 bits per heavy atom. The molecule has 1 heterocycles. The first-order valence-electron chi connectivity index (χ1n) is 5.56. The van der Waals surface area contributed by atoms with Crippen molar-refractivity contribution in [2.45, 2.75) is 25.8 Å². The molecule has 1 aliphatic heterocycles. The van der Waals surface area contributed by atoms with Gasteiger partial charge in [-0.2, -0.15) is 0 Å². The van der Waals surface area contributed by atoms with Gasteiger partial charge in [0.2, 0.25) is 0 Å². The van der Waals surface area contributed by atoms with Crippen molar-refractivity contribution in [1.82, 2.24) is 9.80 Å². The predicted octanol–water partition coefficient (Wildman–Crippen LogP) is 0.149. The maximum Gasteiger partial charge on any atom is 0.153 e. The summed E-state index contributed by atoms with van der Waals surface area (Å²) in [5.41, 5.74) is 5.48. The van der Waals surface area contributed by atoms with Gasteiger partial charge in [0, 0.05) is 6.04 Å². The number of hydrogen-bond donors (Lipinski definition) is 2. The lowest BCUT2D eigenvalue weighted by Gasteiger charge is -2.36. The van der Waals surface area contributed by atoms with Crippen LogP contribution in [0.5, 0.6) is 0 Å². The molecule has 1 saturated heterocycles. The number of hydrogen-bond acceptors (Lipinski definition) is 4. The molecule has 0 aromatic heterocycles. The Balaban J connectivity index is 2.33. The Bertz CT molecular complexity index is 211. The van der Waals surface area contributed by atoms with Crippen LogP contribution in [0.25, 0.3) is 0 Å². The standard InChI is InChI=1S/C10H22N4O/c1-3-14-6-4-9(5-7-14)13(2)8-10(11)12-15/h9,15H,3-8H2,1-2H3,(H2,11,12). The van der Waals surface area contributed by atoms with Crippen LogP contribution in [0, 0.1) is 0 Å². The van der Waals surface area contributed by atoms with E-state index in [1.54, 1.807) is 0 Å². The minimum atomic E-state index is 0.287. The average Bonchev–Trinajstić information content (AvgIpc) is 2.29. The highest BCUT2D eigenvalue weighted by atomic mass is 16.4. The SMILES string of the molecule is CCN1CCC(N(C)CC(N)=NO)CC1. The molecule has 1 fully saturated rings. The largest absolute Gasteiger partial charge is 0.409 e. The molecule has 0 unspecified atom stereocenters. The zero-order valence-corrected chi connectivity index (χ0v) is 9.69. The number of nitrogens with two attached hydrogens (primary N) is 1. The van der Waals surface area contributed by atoms with Crippen LogP contribution in [0.3, 0.4) is 0 Å². The lowest BCUT2D eigenvalue weighted by molar-refractivity contribution is 0.142. The number of likely N-dealkylation sites (N-methyl/N-ethyl adjacent to an activating group) is 1. The molecule has 0 aromatic carbocycles. The van der Waals surface area contributed by atoms with Gasteiger partial charge in [-0.15, -0.1) is 0 Å². The Morgan fingerprint density at radius 2 is 2.13 bits per heavy atom. The summed E-state index contributed by atoms with van der Waals surface area (Å²) < 4.78 is 0. The van der Waals surface area contributed by atoms with E-state index in [-0.39, 0.29) is 5.84 Å². The van der Waals surface area contributed by atoms with Crippen LogP contribution >= 0.6 is 0 Å². The van der Waals surface area contributed by atoms with Gasteiger partial charge in [0.25, 0.3) is 0 Å². The van der Waals surface area contributed by atoms with Gasteiger partial charge in [-0.05, 0) is 39.5 Å². The predicted molar refractivity (Wildman–Crippen MR) is 61.2 cm³/mol. The summed E-state index contributed by atoms with van der Waals surface area (Å²) in [7, 11) is 2.03. The van der Waals surface area contributed by atoms with Crippen LogP contribution in [0.2, 0.25) is 0 Å². The molecular formula is C10H22N4O. The number of nitrogens with zero attached hydrogens (tertiary/aromatic N) is 3. The molecule has 3 N–H and O–H groups in total. The van der Waals surface area contributed by atoms with Crippen molar-refractivity contribution in [2.75, 3.05) is 33.2 Å². The summed E-state index contributed by atoms with van der Waals surface area (Å²) in [4.78, 5) is 4.62. The molecule has 15 heavy (non-hydrogen) atoms. The third-order valence-corrected chi connectivity index (χ3v) is 3.17. The molecule has 0 bridgehead atoms. The highest BCUT2D eigenvalue weighted by Crippen LogP contribution is 2.14. The summed E-state index contributed by atoms with van der Waals surface area (Å²) in [6.45, 7) is 6.19. The van der Waals surface area contributed by atoms with Gasteiger partial charge in [-0.25, -0.2) is 0 Å². The highest BCUT2D eigenvalue weighted by Gasteiger charge is 2.21. The highest BCUT2D eigenvalue weighted by molar-refractivity contribution is 5.81. The van der Waals surface area contributed by atoms with E-state index in [0.29, 0.717) is 12.6 Å².